The minimum absolute atomic E-state index is 0.249. The third-order valence-electron chi connectivity index (χ3n) is 2.24. The van der Waals surface area contributed by atoms with Gasteiger partial charge < -0.3 is 9.84 Å². The van der Waals surface area contributed by atoms with E-state index in [9.17, 15) is 4.79 Å². The molecule has 0 heterocycles. The molecule has 1 N–H and O–H groups in total. The van der Waals surface area contributed by atoms with Crippen LogP contribution in [0.1, 0.15) is 25.7 Å². The fourth-order valence-electron chi connectivity index (χ4n) is 1.40. The molecule has 1 aromatic carbocycles. The van der Waals surface area contributed by atoms with Gasteiger partial charge in [-0.1, -0.05) is 0 Å². The maximum Gasteiger partial charge on any atom is 0.303 e. The van der Waals surface area contributed by atoms with Gasteiger partial charge in [0.05, 0.1) is 13.7 Å². The lowest BCUT2D eigenvalue weighted by Gasteiger charge is -2.10. The van der Waals surface area contributed by atoms with E-state index < -0.39 is 5.97 Å². The van der Waals surface area contributed by atoms with Crippen molar-refractivity contribution in [2.24, 2.45) is 0 Å². The molecule has 0 aliphatic heterocycles. The molecule has 0 saturated carbocycles. The van der Waals surface area contributed by atoms with Crippen LogP contribution in [0.2, 0.25) is 0 Å². The minimum Gasteiger partial charge on any atom is -0.491 e. The second-order valence-corrected chi connectivity index (χ2v) is 7.32. The third-order valence-corrected chi connectivity index (χ3v) is 4.47. The number of rotatable bonds is 7. The summed E-state index contributed by atoms with van der Waals surface area (Å²) in [6, 6.07) is 4.17. The van der Waals surface area contributed by atoms with Gasteiger partial charge in [0.15, 0.2) is 0 Å². The predicted octanol–water partition coefficient (Wildman–Crippen LogP) is 4.52. The highest BCUT2D eigenvalue weighted by atomic mass is 127. The van der Waals surface area contributed by atoms with Gasteiger partial charge in [0.2, 0.25) is 0 Å². The van der Waals surface area contributed by atoms with Crippen LogP contribution >= 0.6 is 67.8 Å². The molecule has 0 radical (unpaired) electrons. The molecule has 1 aromatic rings. The molecule has 0 atom stereocenters. The number of unbranched alkanes of at least 4 members (excludes halogenated alkanes) is 2. The number of hydrogen-bond donors (Lipinski definition) is 1. The Morgan fingerprint density at radius 3 is 2.28 bits per heavy atom. The Morgan fingerprint density at radius 2 is 1.72 bits per heavy atom. The molecule has 0 aliphatic rings. The first-order valence-electron chi connectivity index (χ1n) is 5.50. The number of carboxylic acids is 1. The molecular formula is C12H13I3O3. The Labute approximate surface area is 147 Å². The zero-order chi connectivity index (χ0) is 13.5. The molecule has 18 heavy (non-hydrogen) atoms. The summed E-state index contributed by atoms with van der Waals surface area (Å²) in [5, 5.41) is 8.51. The van der Waals surface area contributed by atoms with Gasteiger partial charge in [-0.05, 0) is 99.2 Å². The van der Waals surface area contributed by atoms with Crippen molar-refractivity contribution in [2.45, 2.75) is 25.7 Å². The highest BCUT2D eigenvalue weighted by Crippen LogP contribution is 2.29. The van der Waals surface area contributed by atoms with Crippen molar-refractivity contribution in [2.75, 3.05) is 6.61 Å². The second-order valence-electron chi connectivity index (χ2n) is 3.75. The number of ether oxygens (including phenoxy) is 1. The zero-order valence-electron chi connectivity index (χ0n) is 9.59. The van der Waals surface area contributed by atoms with Gasteiger partial charge >= 0.3 is 5.97 Å². The Kier molecular flexibility index (Phi) is 8.16. The molecule has 0 bridgehead atoms. The lowest BCUT2D eigenvalue weighted by atomic mass is 10.2. The first-order valence-corrected chi connectivity index (χ1v) is 8.73. The van der Waals surface area contributed by atoms with Gasteiger partial charge in [0, 0.05) is 9.99 Å². The van der Waals surface area contributed by atoms with Crippen LogP contribution in [0.15, 0.2) is 12.1 Å². The normalized spacial score (nSPS) is 10.4. The zero-order valence-corrected chi connectivity index (χ0v) is 16.1. The molecule has 1 rings (SSSR count). The van der Waals surface area contributed by atoms with Crippen molar-refractivity contribution < 1.29 is 14.6 Å². The summed E-state index contributed by atoms with van der Waals surface area (Å²) in [5.41, 5.74) is 0. The molecule has 0 aliphatic carbocycles. The highest BCUT2D eigenvalue weighted by Gasteiger charge is 2.07. The van der Waals surface area contributed by atoms with Crippen LogP contribution < -0.4 is 4.74 Å². The summed E-state index contributed by atoms with van der Waals surface area (Å²) >= 11 is 6.84. The van der Waals surface area contributed by atoms with E-state index in [0.717, 1.165) is 32.2 Å². The van der Waals surface area contributed by atoms with E-state index in [1.54, 1.807) is 0 Å². The van der Waals surface area contributed by atoms with Crippen molar-refractivity contribution in [1.29, 1.82) is 0 Å². The van der Waals surface area contributed by atoms with E-state index in [4.69, 9.17) is 9.84 Å². The average molecular weight is 586 g/mol. The maximum atomic E-state index is 10.3. The van der Waals surface area contributed by atoms with E-state index in [-0.39, 0.29) is 6.42 Å². The summed E-state index contributed by atoms with van der Waals surface area (Å²) in [6.07, 6.45) is 2.76. The van der Waals surface area contributed by atoms with Crippen LogP contribution in [0, 0.1) is 10.7 Å². The SMILES string of the molecule is O=C(O)CCCCCOc1c(I)cc(I)cc1I. The van der Waals surface area contributed by atoms with E-state index in [2.05, 4.69) is 79.9 Å². The number of hydrogen-bond acceptors (Lipinski definition) is 2. The average Bonchev–Trinajstić information content (AvgIpc) is 2.25. The number of benzene rings is 1. The Bertz CT molecular complexity index is 398. The van der Waals surface area contributed by atoms with Crippen LogP contribution in [0.3, 0.4) is 0 Å². The van der Waals surface area contributed by atoms with Crippen LogP contribution in [0.5, 0.6) is 5.75 Å². The molecule has 6 heteroatoms. The molecule has 0 spiro atoms. The van der Waals surface area contributed by atoms with E-state index in [0.29, 0.717) is 6.61 Å². The van der Waals surface area contributed by atoms with Crippen molar-refractivity contribution >= 4 is 73.7 Å². The largest absolute Gasteiger partial charge is 0.491 e. The fraction of sp³-hybridized carbons (Fsp3) is 0.417. The summed E-state index contributed by atoms with van der Waals surface area (Å²) in [5.74, 6) is 0.215. The molecule has 100 valence electrons. The topological polar surface area (TPSA) is 46.5 Å². The Hall–Kier alpha value is 0.680. The molecule has 0 amide bonds. The van der Waals surface area contributed by atoms with Gasteiger partial charge in [-0.15, -0.1) is 0 Å². The summed E-state index contributed by atoms with van der Waals surface area (Å²) in [6.45, 7) is 0.645. The fourth-order valence-corrected chi connectivity index (χ4v) is 5.29. The molecule has 3 nitrogen and oxygen atoms in total. The molecule has 0 saturated heterocycles. The summed E-state index contributed by atoms with van der Waals surface area (Å²) < 4.78 is 9.21. The van der Waals surface area contributed by atoms with Crippen molar-refractivity contribution in [3.05, 3.63) is 22.8 Å². The molecular weight excluding hydrogens is 573 g/mol. The molecule has 0 aromatic heterocycles. The van der Waals surface area contributed by atoms with Gasteiger partial charge in [-0.2, -0.15) is 0 Å². The minimum atomic E-state index is -0.724. The first-order chi connectivity index (χ1) is 8.50. The first kappa shape index (κ1) is 16.7. The second kappa shape index (κ2) is 8.77. The number of halogens is 3. The van der Waals surface area contributed by atoms with Crippen LogP contribution in [-0.2, 0) is 4.79 Å². The van der Waals surface area contributed by atoms with Gasteiger partial charge in [0.1, 0.15) is 5.75 Å². The van der Waals surface area contributed by atoms with Crippen molar-refractivity contribution in [3.63, 3.8) is 0 Å². The standard InChI is InChI=1S/C12H13I3O3/c13-8-6-9(14)12(10(15)7-8)18-5-3-1-2-4-11(16)17/h6-7H,1-5H2,(H,16,17). The number of carbonyl (C=O) groups is 1. The van der Waals surface area contributed by atoms with Crippen LogP contribution in [-0.4, -0.2) is 17.7 Å². The van der Waals surface area contributed by atoms with Crippen LogP contribution in [0.4, 0.5) is 0 Å². The van der Waals surface area contributed by atoms with Gasteiger partial charge in [-0.25, -0.2) is 0 Å². The summed E-state index contributed by atoms with van der Waals surface area (Å²) in [4.78, 5) is 10.3. The number of carboxylic acid groups (broad SMARTS) is 1. The van der Waals surface area contributed by atoms with Gasteiger partial charge in [0.25, 0.3) is 0 Å². The maximum absolute atomic E-state index is 10.3. The summed E-state index contributed by atoms with van der Waals surface area (Å²) in [7, 11) is 0. The Balaban J connectivity index is 2.33. The van der Waals surface area contributed by atoms with E-state index in [1.807, 2.05) is 0 Å². The lowest BCUT2D eigenvalue weighted by Crippen LogP contribution is -2.02. The van der Waals surface area contributed by atoms with Crippen molar-refractivity contribution in [3.8, 4) is 5.75 Å². The molecule has 0 unspecified atom stereocenters. The van der Waals surface area contributed by atoms with Gasteiger partial charge in [-0.3, -0.25) is 4.79 Å². The highest BCUT2D eigenvalue weighted by molar-refractivity contribution is 14.1. The Morgan fingerprint density at radius 1 is 1.11 bits per heavy atom. The number of aliphatic carboxylic acids is 1. The van der Waals surface area contributed by atoms with Crippen LogP contribution in [0.25, 0.3) is 0 Å². The third kappa shape index (κ3) is 6.22. The predicted molar refractivity (Wildman–Crippen MR) is 96.2 cm³/mol. The molecule has 0 fully saturated rings. The smallest absolute Gasteiger partial charge is 0.303 e. The van der Waals surface area contributed by atoms with E-state index in [1.165, 1.54) is 3.57 Å². The van der Waals surface area contributed by atoms with Crippen molar-refractivity contribution in [1.82, 2.24) is 0 Å². The van der Waals surface area contributed by atoms with E-state index >= 15 is 0 Å². The monoisotopic (exact) mass is 586 g/mol. The lowest BCUT2D eigenvalue weighted by molar-refractivity contribution is -0.137. The quantitative estimate of drug-likeness (QED) is 0.378.